The van der Waals surface area contributed by atoms with Crippen molar-refractivity contribution in [3.05, 3.63) is 23.8 Å². The van der Waals surface area contributed by atoms with Crippen LogP contribution in [0, 0.1) is 5.92 Å². The van der Waals surface area contributed by atoms with Gasteiger partial charge in [0, 0.05) is 6.61 Å². The number of aliphatic hydroxyl groups is 1. The fourth-order valence-electron chi connectivity index (χ4n) is 2.02. The number of allylic oxidation sites excluding steroid dienone is 2. The van der Waals surface area contributed by atoms with E-state index < -0.39 is 8.32 Å². The summed E-state index contributed by atoms with van der Waals surface area (Å²) in [5.41, 5.74) is 2.32. The Labute approximate surface area is 133 Å². The number of hydrogen-bond donors (Lipinski definition) is 1. The first kappa shape index (κ1) is 20.6. The standard InChI is InChI=1S/C18H36O2Si/c1-10-17(20-21(8,9)18(5,6)7)16(4)12-14(2)11-15(3)13-19/h12,15,17,19H,2,10-11,13H2,1,3-9H3/b16-12+/t15-,17+/m0/s1. The van der Waals surface area contributed by atoms with Gasteiger partial charge in [0.25, 0.3) is 0 Å². The highest BCUT2D eigenvalue weighted by Gasteiger charge is 2.39. The first-order valence-corrected chi connectivity index (χ1v) is 11.0. The van der Waals surface area contributed by atoms with E-state index in [1.165, 1.54) is 5.57 Å². The quantitative estimate of drug-likeness (QED) is 0.486. The molecule has 0 aliphatic carbocycles. The zero-order valence-electron chi connectivity index (χ0n) is 15.4. The number of hydrogen-bond acceptors (Lipinski definition) is 2. The Bertz CT molecular complexity index is 364. The second-order valence-corrected chi connectivity index (χ2v) is 12.6. The molecule has 0 aliphatic heterocycles. The van der Waals surface area contributed by atoms with Gasteiger partial charge < -0.3 is 9.53 Å². The molecule has 0 heterocycles. The van der Waals surface area contributed by atoms with Crippen molar-refractivity contribution in [3.63, 3.8) is 0 Å². The molecule has 2 nitrogen and oxygen atoms in total. The summed E-state index contributed by atoms with van der Waals surface area (Å²) in [5, 5.41) is 9.36. The number of rotatable bonds is 8. The molecule has 3 heteroatoms. The van der Waals surface area contributed by atoms with E-state index >= 15 is 0 Å². The van der Waals surface area contributed by atoms with Crippen LogP contribution in [-0.2, 0) is 4.43 Å². The molecule has 0 fully saturated rings. The molecule has 0 bridgehead atoms. The van der Waals surface area contributed by atoms with Crippen molar-refractivity contribution < 1.29 is 9.53 Å². The highest BCUT2D eigenvalue weighted by Crippen LogP contribution is 2.38. The zero-order chi connectivity index (χ0) is 16.8. The molecule has 0 aliphatic rings. The molecule has 21 heavy (non-hydrogen) atoms. The maximum atomic E-state index is 9.13. The van der Waals surface area contributed by atoms with Crippen molar-refractivity contribution in [2.24, 2.45) is 5.92 Å². The van der Waals surface area contributed by atoms with Crippen LogP contribution < -0.4 is 0 Å². The molecule has 2 atom stereocenters. The Morgan fingerprint density at radius 1 is 1.33 bits per heavy atom. The maximum absolute atomic E-state index is 9.13. The van der Waals surface area contributed by atoms with Crippen LogP contribution >= 0.6 is 0 Å². The lowest BCUT2D eigenvalue weighted by atomic mass is 9.99. The first-order valence-electron chi connectivity index (χ1n) is 8.09. The van der Waals surface area contributed by atoms with Crippen molar-refractivity contribution >= 4 is 8.32 Å². The summed E-state index contributed by atoms with van der Waals surface area (Å²) >= 11 is 0. The summed E-state index contributed by atoms with van der Waals surface area (Å²) in [7, 11) is -1.75. The fourth-order valence-corrected chi connectivity index (χ4v) is 3.43. The summed E-state index contributed by atoms with van der Waals surface area (Å²) < 4.78 is 6.53. The van der Waals surface area contributed by atoms with Crippen molar-refractivity contribution in [2.75, 3.05) is 6.61 Å². The second-order valence-electron chi connectivity index (χ2n) is 7.81. The predicted molar refractivity (Wildman–Crippen MR) is 96.1 cm³/mol. The Hall–Kier alpha value is -0.383. The summed E-state index contributed by atoms with van der Waals surface area (Å²) in [5.74, 6) is 0.267. The van der Waals surface area contributed by atoms with Crippen LogP contribution in [0.2, 0.25) is 18.1 Å². The van der Waals surface area contributed by atoms with E-state index in [9.17, 15) is 0 Å². The maximum Gasteiger partial charge on any atom is 0.192 e. The SMILES string of the molecule is C=C(/C=C(\C)[C@@H](CC)O[Si](C)(C)C(C)(C)C)C[C@H](C)CO. The van der Waals surface area contributed by atoms with Gasteiger partial charge in [0.1, 0.15) is 0 Å². The van der Waals surface area contributed by atoms with Crippen molar-refractivity contribution in [1.82, 2.24) is 0 Å². The van der Waals surface area contributed by atoms with E-state index in [0.717, 1.165) is 18.4 Å². The minimum absolute atomic E-state index is 0.173. The Morgan fingerprint density at radius 2 is 1.86 bits per heavy atom. The Morgan fingerprint density at radius 3 is 2.24 bits per heavy atom. The van der Waals surface area contributed by atoms with E-state index in [-0.39, 0.29) is 23.7 Å². The summed E-state index contributed by atoms with van der Waals surface area (Å²) in [6.07, 6.45) is 4.14. The molecule has 0 saturated carbocycles. The third-order valence-electron chi connectivity index (χ3n) is 4.48. The summed E-state index contributed by atoms with van der Waals surface area (Å²) in [6, 6.07) is 0. The monoisotopic (exact) mass is 312 g/mol. The zero-order valence-corrected chi connectivity index (χ0v) is 16.4. The van der Waals surface area contributed by atoms with Gasteiger partial charge in [0.15, 0.2) is 8.32 Å². The molecule has 0 spiro atoms. The molecule has 0 radical (unpaired) electrons. The van der Waals surface area contributed by atoms with E-state index in [1.807, 2.05) is 6.92 Å². The van der Waals surface area contributed by atoms with Crippen LogP contribution in [0.1, 0.15) is 54.4 Å². The highest BCUT2D eigenvalue weighted by molar-refractivity contribution is 6.74. The Kier molecular flexibility index (Phi) is 8.15. The van der Waals surface area contributed by atoms with Gasteiger partial charge in [0.2, 0.25) is 0 Å². The molecule has 0 rings (SSSR count). The topological polar surface area (TPSA) is 29.5 Å². The lowest BCUT2D eigenvalue weighted by Gasteiger charge is -2.39. The summed E-state index contributed by atoms with van der Waals surface area (Å²) in [6.45, 7) is 22.1. The van der Waals surface area contributed by atoms with Gasteiger partial charge in [-0.1, -0.05) is 52.8 Å². The third kappa shape index (κ3) is 6.94. The van der Waals surface area contributed by atoms with Crippen LogP contribution in [0.15, 0.2) is 23.8 Å². The van der Waals surface area contributed by atoms with Crippen LogP contribution in [0.25, 0.3) is 0 Å². The second kappa shape index (κ2) is 8.30. The minimum atomic E-state index is -1.75. The average molecular weight is 313 g/mol. The fraction of sp³-hybridized carbons (Fsp3) is 0.778. The Balaban J connectivity index is 4.91. The lowest BCUT2D eigenvalue weighted by molar-refractivity contribution is 0.209. The first-order chi connectivity index (χ1) is 9.44. The minimum Gasteiger partial charge on any atom is -0.410 e. The van der Waals surface area contributed by atoms with Crippen LogP contribution in [-0.4, -0.2) is 26.1 Å². The van der Waals surface area contributed by atoms with E-state index in [1.54, 1.807) is 0 Å². The van der Waals surface area contributed by atoms with E-state index in [4.69, 9.17) is 9.53 Å². The van der Waals surface area contributed by atoms with Gasteiger partial charge in [-0.25, -0.2) is 0 Å². The molecule has 0 saturated heterocycles. The molecular formula is C18H36O2Si. The van der Waals surface area contributed by atoms with Crippen molar-refractivity contribution in [2.45, 2.75) is 78.6 Å². The molecule has 0 aromatic carbocycles. The van der Waals surface area contributed by atoms with Crippen molar-refractivity contribution in [1.29, 1.82) is 0 Å². The third-order valence-corrected chi connectivity index (χ3v) is 8.96. The van der Waals surface area contributed by atoms with Gasteiger partial charge in [-0.15, -0.1) is 0 Å². The average Bonchev–Trinajstić information content (AvgIpc) is 2.33. The predicted octanol–water partition coefficient (Wildman–Crippen LogP) is 5.31. The number of aliphatic hydroxyl groups excluding tert-OH is 1. The van der Waals surface area contributed by atoms with Crippen LogP contribution in [0.4, 0.5) is 0 Å². The molecule has 1 N–H and O–H groups in total. The smallest absolute Gasteiger partial charge is 0.192 e. The molecule has 0 amide bonds. The lowest BCUT2D eigenvalue weighted by Crippen LogP contribution is -2.44. The van der Waals surface area contributed by atoms with E-state index in [0.29, 0.717) is 0 Å². The molecule has 0 aromatic heterocycles. The van der Waals surface area contributed by atoms with Crippen LogP contribution in [0.3, 0.4) is 0 Å². The van der Waals surface area contributed by atoms with Gasteiger partial charge in [-0.2, -0.15) is 0 Å². The largest absolute Gasteiger partial charge is 0.410 e. The van der Waals surface area contributed by atoms with Gasteiger partial charge >= 0.3 is 0 Å². The molecule has 0 aromatic rings. The van der Waals surface area contributed by atoms with Crippen LogP contribution in [0.5, 0.6) is 0 Å². The molecular weight excluding hydrogens is 276 g/mol. The normalized spacial score (nSPS) is 16.7. The molecule has 0 unspecified atom stereocenters. The van der Waals surface area contributed by atoms with Gasteiger partial charge in [-0.05, 0) is 49.4 Å². The van der Waals surface area contributed by atoms with Gasteiger partial charge in [-0.3, -0.25) is 0 Å². The van der Waals surface area contributed by atoms with Gasteiger partial charge in [0.05, 0.1) is 6.10 Å². The summed E-state index contributed by atoms with van der Waals surface area (Å²) in [4.78, 5) is 0. The highest BCUT2D eigenvalue weighted by atomic mass is 28.4. The molecule has 124 valence electrons. The van der Waals surface area contributed by atoms with E-state index in [2.05, 4.69) is 60.4 Å². The van der Waals surface area contributed by atoms with Crippen molar-refractivity contribution in [3.8, 4) is 0 Å².